The van der Waals surface area contributed by atoms with E-state index >= 15 is 0 Å². The van der Waals surface area contributed by atoms with Gasteiger partial charge in [-0.05, 0) is 35.9 Å². The quantitative estimate of drug-likeness (QED) is 0.726. The van der Waals surface area contributed by atoms with E-state index in [1.165, 1.54) is 0 Å². The molecule has 0 aliphatic carbocycles. The summed E-state index contributed by atoms with van der Waals surface area (Å²) in [6.07, 6.45) is 1.60. The van der Waals surface area contributed by atoms with Crippen LogP contribution in [0.15, 0.2) is 54.7 Å². The normalized spacial score (nSPS) is 16.5. The third-order valence-corrected chi connectivity index (χ3v) is 4.75. The average Bonchev–Trinajstić information content (AvgIpc) is 3.26. The molecule has 0 spiro atoms. The number of H-pyrrole nitrogens is 1. The zero-order valence-corrected chi connectivity index (χ0v) is 14.5. The molecule has 4 rings (SSSR count). The van der Waals surface area contributed by atoms with Crippen LogP contribution in [0.3, 0.4) is 0 Å². The molecule has 6 heteroatoms. The summed E-state index contributed by atoms with van der Waals surface area (Å²) in [5.41, 5.74) is 3.05. The van der Waals surface area contributed by atoms with Crippen LogP contribution in [0.2, 0.25) is 0 Å². The maximum atomic E-state index is 12.6. The summed E-state index contributed by atoms with van der Waals surface area (Å²) in [4.78, 5) is 29.6. The molecule has 3 aromatic rings. The molecule has 0 saturated carbocycles. The lowest BCUT2D eigenvalue weighted by atomic mass is 10.1. The Bertz CT molecular complexity index is 1050. The largest absolute Gasteiger partial charge is 0.452 e. The number of hydrogen-bond donors (Lipinski definition) is 1. The number of rotatable bonds is 4. The van der Waals surface area contributed by atoms with Crippen LogP contribution in [0.25, 0.3) is 10.9 Å². The number of carbonyl (C=O) groups is 2. The van der Waals surface area contributed by atoms with E-state index in [-0.39, 0.29) is 12.3 Å². The fraction of sp³-hybridized carbons (Fsp3) is 0.190. The van der Waals surface area contributed by atoms with Crippen LogP contribution in [-0.2, 0) is 20.7 Å². The summed E-state index contributed by atoms with van der Waals surface area (Å²) in [7, 11) is 0. The van der Waals surface area contributed by atoms with Crippen LogP contribution in [0.1, 0.15) is 17.5 Å². The SMILES string of the molecule is N#Cc1ccc(N2CC[C@H](OC(=O)Cc3c[nH]c4ccccc34)C2=O)cc1. The number of esters is 1. The van der Waals surface area contributed by atoms with E-state index in [9.17, 15) is 9.59 Å². The number of nitriles is 1. The van der Waals surface area contributed by atoms with E-state index in [0.717, 1.165) is 16.5 Å². The van der Waals surface area contributed by atoms with Gasteiger partial charge in [-0.1, -0.05) is 18.2 Å². The number of amides is 1. The maximum absolute atomic E-state index is 12.6. The molecule has 6 nitrogen and oxygen atoms in total. The van der Waals surface area contributed by atoms with Crippen LogP contribution >= 0.6 is 0 Å². The van der Waals surface area contributed by atoms with Crippen molar-refractivity contribution in [1.29, 1.82) is 5.26 Å². The second kappa shape index (κ2) is 6.96. The summed E-state index contributed by atoms with van der Waals surface area (Å²) >= 11 is 0. The fourth-order valence-electron chi connectivity index (χ4n) is 3.37. The Kier molecular flexibility index (Phi) is 4.35. The fourth-order valence-corrected chi connectivity index (χ4v) is 3.37. The van der Waals surface area contributed by atoms with Crippen LogP contribution in [0.4, 0.5) is 5.69 Å². The van der Waals surface area contributed by atoms with Gasteiger partial charge in [0, 0.05) is 35.8 Å². The molecule has 2 heterocycles. The van der Waals surface area contributed by atoms with Crippen molar-refractivity contribution in [2.75, 3.05) is 11.4 Å². The molecular formula is C21H17N3O3. The molecule has 1 amide bonds. The molecular weight excluding hydrogens is 342 g/mol. The molecule has 1 atom stereocenters. The number of nitrogens with one attached hydrogen (secondary N) is 1. The smallest absolute Gasteiger partial charge is 0.311 e. The molecule has 1 saturated heterocycles. The Morgan fingerprint density at radius 2 is 2.00 bits per heavy atom. The monoisotopic (exact) mass is 359 g/mol. The lowest BCUT2D eigenvalue weighted by molar-refractivity contribution is -0.152. The number of carbonyl (C=O) groups excluding carboxylic acids is 2. The van der Waals surface area contributed by atoms with Crippen molar-refractivity contribution in [2.24, 2.45) is 0 Å². The van der Waals surface area contributed by atoms with Crippen molar-refractivity contribution in [2.45, 2.75) is 18.9 Å². The number of anilines is 1. The van der Waals surface area contributed by atoms with Gasteiger partial charge in [0.05, 0.1) is 18.1 Å². The molecule has 2 aromatic carbocycles. The van der Waals surface area contributed by atoms with E-state index in [4.69, 9.17) is 10.00 Å². The van der Waals surface area contributed by atoms with Gasteiger partial charge < -0.3 is 14.6 Å². The average molecular weight is 359 g/mol. The van der Waals surface area contributed by atoms with Crippen LogP contribution < -0.4 is 4.90 Å². The highest BCUT2D eigenvalue weighted by Gasteiger charge is 2.35. The van der Waals surface area contributed by atoms with Crippen molar-refractivity contribution in [3.05, 3.63) is 65.9 Å². The zero-order valence-electron chi connectivity index (χ0n) is 14.5. The summed E-state index contributed by atoms with van der Waals surface area (Å²) in [6, 6.07) is 16.6. The number of aromatic nitrogens is 1. The predicted octanol–water partition coefficient (Wildman–Crippen LogP) is 2.93. The summed E-state index contributed by atoms with van der Waals surface area (Å²) < 4.78 is 5.45. The molecule has 1 fully saturated rings. The molecule has 1 aliphatic heterocycles. The Hall–Kier alpha value is -3.59. The van der Waals surface area contributed by atoms with Crippen molar-refractivity contribution >= 4 is 28.5 Å². The highest BCUT2D eigenvalue weighted by Crippen LogP contribution is 2.24. The van der Waals surface area contributed by atoms with E-state index in [2.05, 4.69) is 4.98 Å². The molecule has 0 unspecified atom stereocenters. The summed E-state index contributed by atoms with van der Waals surface area (Å²) in [5, 5.41) is 9.85. The maximum Gasteiger partial charge on any atom is 0.311 e. The van der Waals surface area contributed by atoms with Crippen LogP contribution in [-0.4, -0.2) is 29.5 Å². The minimum atomic E-state index is -0.765. The molecule has 27 heavy (non-hydrogen) atoms. The lowest BCUT2D eigenvalue weighted by Gasteiger charge is -2.16. The molecule has 134 valence electrons. The third-order valence-electron chi connectivity index (χ3n) is 4.75. The molecule has 1 aliphatic rings. The van der Waals surface area contributed by atoms with Gasteiger partial charge in [-0.25, -0.2) is 0 Å². The Labute approximate surface area is 156 Å². The van der Waals surface area contributed by atoms with Gasteiger partial charge in [0.2, 0.25) is 0 Å². The van der Waals surface area contributed by atoms with E-state index in [1.54, 1.807) is 35.4 Å². The van der Waals surface area contributed by atoms with Crippen LogP contribution in [0.5, 0.6) is 0 Å². The Balaban J connectivity index is 1.41. The second-order valence-electron chi connectivity index (χ2n) is 6.45. The highest BCUT2D eigenvalue weighted by atomic mass is 16.5. The van der Waals surface area contributed by atoms with Gasteiger partial charge in [0.25, 0.3) is 5.91 Å². The van der Waals surface area contributed by atoms with Gasteiger partial charge in [-0.3, -0.25) is 9.59 Å². The summed E-state index contributed by atoms with van der Waals surface area (Å²) in [6.45, 7) is 0.482. The molecule has 1 aromatic heterocycles. The minimum absolute atomic E-state index is 0.116. The first-order valence-electron chi connectivity index (χ1n) is 8.72. The van der Waals surface area contributed by atoms with Gasteiger partial charge in [-0.2, -0.15) is 5.26 Å². The molecule has 0 bridgehead atoms. The number of ether oxygens (including phenoxy) is 1. The van der Waals surface area contributed by atoms with Gasteiger partial charge in [0.1, 0.15) is 0 Å². The van der Waals surface area contributed by atoms with Crippen molar-refractivity contribution in [3.63, 3.8) is 0 Å². The van der Waals surface area contributed by atoms with Crippen molar-refractivity contribution < 1.29 is 14.3 Å². The Morgan fingerprint density at radius 1 is 1.22 bits per heavy atom. The standard InChI is InChI=1S/C21H17N3O3/c22-12-14-5-7-16(8-6-14)24-10-9-19(21(24)26)27-20(25)11-15-13-23-18-4-2-1-3-17(15)18/h1-8,13,19,23H,9-11H2/t19-/m0/s1. The van der Waals surface area contributed by atoms with Crippen molar-refractivity contribution in [1.82, 2.24) is 4.98 Å². The lowest BCUT2D eigenvalue weighted by Crippen LogP contribution is -2.32. The van der Waals surface area contributed by atoms with Gasteiger partial charge in [0.15, 0.2) is 6.10 Å². The number of benzene rings is 2. The molecule has 1 N–H and O–H groups in total. The number of aromatic amines is 1. The number of fused-ring (bicyclic) bond motifs is 1. The number of nitrogens with zero attached hydrogens (tertiary/aromatic N) is 2. The van der Waals surface area contributed by atoms with Crippen LogP contribution in [0, 0.1) is 11.3 Å². The zero-order chi connectivity index (χ0) is 18.8. The van der Waals surface area contributed by atoms with Gasteiger partial charge >= 0.3 is 5.97 Å². The van der Waals surface area contributed by atoms with E-state index in [0.29, 0.717) is 24.2 Å². The van der Waals surface area contributed by atoms with E-state index in [1.807, 2.05) is 30.3 Å². The third kappa shape index (κ3) is 3.27. The first kappa shape index (κ1) is 16.9. The topological polar surface area (TPSA) is 86.2 Å². The second-order valence-corrected chi connectivity index (χ2v) is 6.45. The summed E-state index contributed by atoms with van der Waals surface area (Å²) in [5.74, 6) is -0.647. The van der Waals surface area contributed by atoms with E-state index < -0.39 is 12.1 Å². The number of para-hydroxylation sites is 1. The van der Waals surface area contributed by atoms with Crippen molar-refractivity contribution in [3.8, 4) is 6.07 Å². The highest BCUT2D eigenvalue weighted by molar-refractivity contribution is 6.00. The minimum Gasteiger partial charge on any atom is -0.452 e. The first-order valence-corrected chi connectivity index (χ1v) is 8.72. The predicted molar refractivity (Wildman–Crippen MR) is 100 cm³/mol. The Morgan fingerprint density at radius 3 is 2.78 bits per heavy atom. The van der Waals surface area contributed by atoms with Gasteiger partial charge in [-0.15, -0.1) is 0 Å². The molecule has 0 radical (unpaired) electrons. The first-order chi connectivity index (χ1) is 13.2. The number of hydrogen-bond acceptors (Lipinski definition) is 4.